The molecule has 1 heterocycles. The van der Waals surface area contributed by atoms with E-state index < -0.39 is 0 Å². The highest BCUT2D eigenvalue weighted by Crippen LogP contribution is 2.30. The number of anilines is 1. The summed E-state index contributed by atoms with van der Waals surface area (Å²) in [6.07, 6.45) is 0.203. The van der Waals surface area contributed by atoms with E-state index in [2.05, 4.69) is 4.90 Å². The standard InChI is InChI=1S/C13H18Cl2N2O2/c1-18-11-6-17(7-12(11)19-2)5-8-3-9(14)13(16)10(15)4-8/h3-4,11-12H,5-7,16H2,1-2H3. The van der Waals surface area contributed by atoms with Gasteiger partial charge < -0.3 is 15.2 Å². The van der Waals surface area contributed by atoms with Crippen molar-refractivity contribution in [1.82, 2.24) is 4.90 Å². The van der Waals surface area contributed by atoms with Crippen molar-refractivity contribution < 1.29 is 9.47 Å². The second-order valence-electron chi connectivity index (χ2n) is 4.72. The lowest BCUT2D eigenvalue weighted by atomic mass is 10.2. The van der Waals surface area contributed by atoms with E-state index in [0.717, 1.165) is 25.2 Å². The zero-order chi connectivity index (χ0) is 14.0. The van der Waals surface area contributed by atoms with Crippen LogP contribution in [0.4, 0.5) is 5.69 Å². The molecule has 4 nitrogen and oxygen atoms in total. The third-order valence-corrected chi connectivity index (χ3v) is 4.07. The van der Waals surface area contributed by atoms with E-state index in [9.17, 15) is 0 Å². The molecule has 0 spiro atoms. The predicted molar refractivity (Wildman–Crippen MR) is 77.7 cm³/mol. The second kappa shape index (κ2) is 6.29. The van der Waals surface area contributed by atoms with Gasteiger partial charge in [-0.25, -0.2) is 0 Å². The molecular weight excluding hydrogens is 287 g/mol. The van der Waals surface area contributed by atoms with Gasteiger partial charge in [-0.15, -0.1) is 0 Å². The molecule has 2 atom stereocenters. The van der Waals surface area contributed by atoms with Gasteiger partial charge in [0.2, 0.25) is 0 Å². The molecule has 0 saturated carbocycles. The SMILES string of the molecule is COC1CN(Cc2cc(Cl)c(N)c(Cl)c2)CC1OC. The Kier molecular flexibility index (Phi) is 4.92. The Bertz CT molecular complexity index is 421. The van der Waals surface area contributed by atoms with Crippen molar-refractivity contribution in [3.05, 3.63) is 27.7 Å². The summed E-state index contributed by atoms with van der Waals surface area (Å²) >= 11 is 12.1. The number of ether oxygens (including phenoxy) is 2. The predicted octanol–water partition coefficient (Wildman–Crippen LogP) is 2.42. The molecule has 1 aromatic rings. The molecule has 0 radical (unpaired) electrons. The third kappa shape index (κ3) is 3.33. The lowest BCUT2D eigenvalue weighted by Crippen LogP contribution is -2.27. The normalized spacial score (nSPS) is 24.0. The summed E-state index contributed by atoms with van der Waals surface area (Å²) in [5.41, 5.74) is 7.20. The average molecular weight is 305 g/mol. The van der Waals surface area contributed by atoms with Crippen molar-refractivity contribution in [2.45, 2.75) is 18.8 Å². The van der Waals surface area contributed by atoms with Crippen LogP contribution < -0.4 is 5.73 Å². The Hall–Kier alpha value is -0.520. The number of likely N-dealkylation sites (tertiary alicyclic amines) is 1. The highest BCUT2D eigenvalue weighted by molar-refractivity contribution is 6.38. The summed E-state index contributed by atoms with van der Waals surface area (Å²) in [5, 5.41) is 0.988. The molecule has 1 saturated heterocycles. The Morgan fingerprint density at radius 2 is 1.63 bits per heavy atom. The molecule has 6 heteroatoms. The highest BCUT2D eigenvalue weighted by Gasteiger charge is 2.32. The molecule has 1 aliphatic heterocycles. The summed E-state index contributed by atoms with van der Waals surface area (Å²) in [7, 11) is 3.41. The molecule has 0 aliphatic carbocycles. The maximum Gasteiger partial charge on any atom is 0.0971 e. The average Bonchev–Trinajstić information content (AvgIpc) is 2.78. The minimum absolute atomic E-state index is 0.102. The number of nitrogens with zero attached hydrogens (tertiary/aromatic N) is 1. The van der Waals surface area contributed by atoms with Gasteiger partial charge in [-0.1, -0.05) is 23.2 Å². The largest absolute Gasteiger partial charge is 0.396 e. The molecule has 106 valence electrons. The molecule has 1 aromatic carbocycles. The van der Waals surface area contributed by atoms with E-state index in [4.69, 9.17) is 38.4 Å². The van der Waals surface area contributed by atoms with Gasteiger partial charge in [0.15, 0.2) is 0 Å². The van der Waals surface area contributed by atoms with Crippen molar-refractivity contribution in [3.63, 3.8) is 0 Å². The van der Waals surface area contributed by atoms with Crippen molar-refractivity contribution in [1.29, 1.82) is 0 Å². The van der Waals surface area contributed by atoms with Crippen molar-refractivity contribution in [2.24, 2.45) is 0 Å². The number of benzene rings is 1. The smallest absolute Gasteiger partial charge is 0.0971 e. The van der Waals surface area contributed by atoms with E-state index in [-0.39, 0.29) is 12.2 Å². The van der Waals surface area contributed by atoms with Crippen molar-refractivity contribution in [2.75, 3.05) is 33.0 Å². The highest BCUT2D eigenvalue weighted by atomic mass is 35.5. The number of hydrogen-bond acceptors (Lipinski definition) is 4. The number of nitrogens with two attached hydrogens (primary N) is 1. The zero-order valence-corrected chi connectivity index (χ0v) is 12.5. The van der Waals surface area contributed by atoms with E-state index in [1.54, 1.807) is 14.2 Å². The van der Waals surface area contributed by atoms with Gasteiger partial charge in [-0.3, -0.25) is 4.90 Å². The lowest BCUT2D eigenvalue weighted by Gasteiger charge is -2.16. The quantitative estimate of drug-likeness (QED) is 0.868. The minimum Gasteiger partial charge on any atom is -0.396 e. The van der Waals surface area contributed by atoms with Gasteiger partial charge in [-0.2, -0.15) is 0 Å². The van der Waals surface area contributed by atoms with Gasteiger partial charge in [0.25, 0.3) is 0 Å². The topological polar surface area (TPSA) is 47.7 Å². The van der Waals surface area contributed by atoms with Gasteiger partial charge in [0.1, 0.15) is 0 Å². The van der Waals surface area contributed by atoms with Crippen LogP contribution in [0.2, 0.25) is 10.0 Å². The number of hydrogen-bond donors (Lipinski definition) is 1. The fraction of sp³-hybridized carbons (Fsp3) is 0.538. The van der Waals surface area contributed by atoms with E-state index >= 15 is 0 Å². The monoisotopic (exact) mass is 304 g/mol. The van der Waals surface area contributed by atoms with Crippen molar-refractivity contribution >= 4 is 28.9 Å². The number of halogens is 2. The molecule has 19 heavy (non-hydrogen) atoms. The van der Waals surface area contributed by atoms with Crippen LogP contribution in [0.25, 0.3) is 0 Å². The van der Waals surface area contributed by atoms with E-state index in [1.807, 2.05) is 12.1 Å². The van der Waals surface area contributed by atoms with Gasteiger partial charge in [0.05, 0.1) is 27.9 Å². The minimum atomic E-state index is 0.102. The van der Waals surface area contributed by atoms with Crippen LogP contribution in [-0.4, -0.2) is 44.4 Å². The molecular formula is C13H18Cl2N2O2. The van der Waals surface area contributed by atoms with Crippen LogP contribution in [0.3, 0.4) is 0 Å². The first kappa shape index (κ1) is 14.9. The summed E-state index contributed by atoms with van der Waals surface area (Å²) in [6, 6.07) is 3.70. The van der Waals surface area contributed by atoms with Crippen LogP contribution in [0.5, 0.6) is 0 Å². The van der Waals surface area contributed by atoms with Crippen LogP contribution >= 0.6 is 23.2 Å². The molecule has 2 N–H and O–H groups in total. The summed E-state index contributed by atoms with van der Waals surface area (Å²) in [4.78, 5) is 2.25. The maximum atomic E-state index is 6.04. The lowest BCUT2D eigenvalue weighted by molar-refractivity contribution is -0.00461. The Balaban J connectivity index is 2.06. The molecule has 0 aromatic heterocycles. The Labute approximate surface area is 123 Å². The first-order chi connectivity index (χ1) is 9.05. The van der Waals surface area contributed by atoms with E-state index in [0.29, 0.717) is 15.7 Å². The Morgan fingerprint density at radius 1 is 1.16 bits per heavy atom. The third-order valence-electron chi connectivity index (χ3n) is 3.44. The molecule has 2 rings (SSSR count). The molecule has 1 aliphatic rings. The van der Waals surface area contributed by atoms with Crippen LogP contribution in [-0.2, 0) is 16.0 Å². The molecule has 0 bridgehead atoms. The van der Waals surface area contributed by atoms with Gasteiger partial charge >= 0.3 is 0 Å². The fourth-order valence-electron chi connectivity index (χ4n) is 2.39. The zero-order valence-electron chi connectivity index (χ0n) is 11.0. The molecule has 1 fully saturated rings. The van der Waals surface area contributed by atoms with Crippen LogP contribution in [0.1, 0.15) is 5.56 Å². The summed E-state index contributed by atoms with van der Waals surface area (Å²) in [6.45, 7) is 2.41. The maximum absolute atomic E-state index is 6.04. The first-order valence-corrected chi connectivity index (χ1v) is 6.82. The summed E-state index contributed by atoms with van der Waals surface area (Å²) < 4.78 is 10.8. The van der Waals surface area contributed by atoms with Crippen LogP contribution in [0, 0.1) is 0 Å². The van der Waals surface area contributed by atoms with Gasteiger partial charge in [-0.05, 0) is 17.7 Å². The first-order valence-electron chi connectivity index (χ1n) is 6.06. The fourth-order valence-corrected chi connectivity index (χ4v) is 2.92. The molecule has 0 amide bonds. The number of rotatable bonds is 4. The van der Waals surface area contributed by atoms with E-state index in [1.165, 1.54) is 0 Å². The molecule has 2 unspecified atom stereocenters. The van der Waals surface area contributed by atoms with Crippen LogP contribution in [0.15, 0.2) is 12.1 Å². The van der Waals surface area contributed by atoms with Gasteiger partial charge in [0, 0.05) is 33.9 Å². The number of methoxy groups -OCH3 is 2. The second-order valence-corrected chi connectivity index (χ2v) is 5.53. The summed E-state index contributed by atoms with van der Waals surface area (Å²) in [5.74, 6) is 0. The van der Waals surface area contributed by atoms with Crippen molar-refractivity contribution in [3.8, 4) is 0 Å². The Morgan fingerprint density at radius 3 is 2.05 bits per heavy atom. The number of nitrogen functional groups attached to an aromatic ring is 1.